The van der Waals surface area contributed by atoms with Crippen molar-refractivity contribution < 1.29 is 5.11 Å². The van der Waals surface area contributed by atoms with E-state index in [1.165, 1.54) is 5.56 Å². The van der Waals surface area contributed by atoms with Gasteiger partial charge in [0.1, 0.15) is 0 Å². The molecular weight excluding hydrogens is 236 g/mol. The number of hydrogen-bond acceptors (Lipinski definition) is 3. The molecule has 0 radical (unpaired) electrons. The molecule has 0 aromatic carbocycles. The molecule has 19 heavy (non-hydrogen) atoms. The van der Waals surface area contributed by atoms with Crippen LogP contribution in [0.4, 0.5) is 0 Å². The molecule has 3 rings (SSSR count). The highest BCUT2D eigenvalue weighted by Gasteiger charge is 2.27. The molecule has 2 aromatic heterocycles. The van der Waals surface area contributed by atoms with Crippen LogP contribution in [0.25, 0.3) is 0 Å². The van der Waals surface area contributed by atoms with Gasteiger partial charge < -0.3 is 5.11 Å². The summed E-state index contributed by atoms with van der Waals surface area (Å²) in [6.07, 6.45) is 8.93. The van der Waals surface area contributed by atoms with Crippen molar-refractivity contribution in [3.63, 3.8) is 0 Å². The Labute approximate surface area is 113 Å². The average molecular weight is 254 g/mol. The van der Waals surface area contributed by atoms with Crippen LogP contribution in [-0.4, -0.2) is 21.2 Å². The van der Waals surface area contributed by atoms with Crippen molar-refractivity contribution in [1.82, 2.24) is 9.97 Å². The molecule has 0 bridgehead atoms. The van der Waals surface area contributed by atoms with E-state index >= 15 is 0 Å². The third kappa shape index (κ3) is 2.66. The molecule has 2 unspecified atom stereocenters. The van der Waals surface area contributed by atoms with E-state index in [2.05, 4.69) is 16.0 Å². The van der Waals surface area contributed by atoms with Gasteiger partial charge in [-0.3, -0.25) is 9.97 Å². The minimum absolute atomic E-state index is 0.165. The quantitative estimate of drug-likeness (QED) is 0.915. The molecule has 1 N–H and O–H groups in total. The van der Waals surface area contributed by atoms with Gasteiger partial charge in [-0.15, -0.1) is 0 Å². The van der Waals surface area contributed by atoms with Gasteiger partial charge in [0.15, 0.2) is 0 Å². The molecular formula is C16H18N2O. The minimum atomic E-state index is -0.364. The fraction of sp³-hybridized carbons (Fsp3) is 0.375. The van der Waals surface area contributed by atoms with Gasteiger partial charge in [-0.25, -0.2) is 0 Å². The number of fused-ring (bicyclic) bond motifs is 1. The van der Waals surface area contributed by atoms with Crippen LogP contribution in [0.1, 0.15) is 35.6 Å². The van der Waals surface area contributed by atoms with E-state index < -0.39 is 0 Å². The van der Waals surface area contributed by atoms with Crippen molar-refractivity contribution in [3.05, 3.63) is 59.7 Å². The van der Waals surface area contributed by atoms with Crippen LogP contribution < -0.4 is 0 Å². The fourth-order valence-corrected chi connectivity index (χ4v) is 2.92. The van der Waals surface area contributed by atoms with Gasteiger partial charge in [0.05, 0.1) is 6.10 Å². The molecule has 1 aliphatic rings. The van der Waals surface area contributed by atoms with E-state index in [-0.39, 0.29) is 12.0 Å². The highest BCUT2D eigenvalue weighted by atomic mass is 16.3. The Morgan fingerprint density at radius 2 is 2.05 bits per heavy atom. The zero-order chi connectivity index (χ0) is 13.1. The van der Waals surface area contributed by atoms with E-state index in [4.69, 9.17) is 0 Å². The topological polar surface area (TPSA) is 46.0 Å². The summed E-state index contributed by atoms with van der Waals surface area (Å²) in [5.74, 6) is 0.165. The van der Waals surface area contributed by atoms with Gasteiger partial charge in [0.2, 0.25) is 0 Å². The Kier molecular flexibility index (Phi) is 3.56. The number of aryl methyl sites for hydroxylation is 1. The lowest BCUT2D eigenvalue weighted by Crippen LogP contribution is -2.25. The van der Waals surface area contributed by atoms with Crippen LogP contribution in [0.5, 0.6) is 0 Å². The van der Waals surface area contributed by atoms with Gasteiger partial charge in [-0.05, 0) is 55.0 Å². The normalized spacial score (nSPS) is 19.7. The van der Waals surface area contributed by atoms with E-state index in [0.717, 1.165) is 30.5 Å². The summed E-state index contributed by atoms with van der Waals surface area (Å²) in [5.41, 5.74) is 3.52. The molecule has 0 saturated heterocycles. The summed E-state index contributed by atoms with van der Waals surface area (Å²) in [4.78, 5) is 8.50. The van der Waals surface area contributed by atoms with Crippen LogP contribution >= 0.6 is 0 Å². The third-order valence-electron chi connectivity index (χ3n) is 3.90. The minimum Gasteiger partial charge on any atom is -0.392 e. The predicted octanol–water partition coefficient (Wildman–Crippen LogP) is 2.50. The molecule has 2 atom stereocenters. The number of rotatable bonds is 3. The van der Waals surface area contributed by atoms with Crippen molar-refractivity contribution >= 4 is 0 Å². The van der Waals surface area contributed by atoms with Crippen LogP contribution in [-0.2, 0) is 12.8 Å². The first-order chi connectivity index (χ1) is 9.34. The molecule has 0 fully saturated rings. The molecule has 0 amide bonds. The summed E-state index contributed by atoms with van der Waals surface area (Å²) < 4.78 is 0. The number of aromatic nitrogens is 2. The molecule has 0 spiro atoms. The van der Waals surface area contributed by atoms with E-state index in [1.54, 1.807) is 12.4 Å². The summed E-state index contributed by atoms with van der Waals surface area (Å²) in [6, 6.07) is 8.04. The monoisotopic (exact) mass is 254 g/mol. The van der Waals surface area contributed by atoms with Gasteiger partial charge in [0.25, 0.3) is 0 Å². The Morgan fingerprint density at radius 1 is 1.21 bits per heavy atom. The van der Waals surface area contributed by atoms with Crippen LogP contribution in [0, 0.1) is 0 Å². The predicted molar refractivity (Wildman–Crippen MR) is 73.9 cm³/mol. The highest BCUT2D eigenvalue weighted by Crippen LogP contribution is 2.33. The molecule has 98 valence electrons. The highest BCUT2D eigenvalue weighted by molar-refractivity contribution is 5.27. The molecule has 3 nitrogen and oxygen atoms in total. The first kappa shape index (κ1) is 12.3. The fourth-order valence-electron chi connectivity index (χ4n) is 2.92. The lowest BCUT2D eigenvalue weighted by molar-refractivity contribution is 0.132. The van der Waals surface area contributed by atoms with Crippen LogP contribution in [0.3, 0.4) is 0 Å². The molecule has 3 heteroatoms. The molecule has 2 aromatic rings. The Bertz CT molecular complexity index is 541. The zero-order valence-corrected chi connectivity index (χ0v) is 10.9. The number of pyridine rings is 2. The maximum absolute atomic E-state index is 10.5. The smallest absolute Gasteiger partial charge is 0.0664 e. The van der Waals surface area contributed by atoms with Gasteiger partial charge >= 0.3 is 0 Å². The van der Waals surface area contributed by atoms with Gasteiger partial charge in [-0.1, -0.05) is 6.07 Å². The molecule has 2 heterocycles. The standard InChI is InChI=1S/C16H18N2O/c19-15(11-12-6-9-17-10-7-12)14-5-1-3-13-4-2-8-18-16(13)14/h2,4,6-10,14-15,19H,1,3,5,11H2. The lowest BCUT2D eigenvalue weighted by Gasteiger charge is -2.28. The number of hydrogen-bond donors (Lipinski definition) is 1. The lowest BCUT2D eigenvalue weighted by atomic mass is 9.81. The van der Waals surface area contributed by atoms with E-state index in [9.17, 15) is 5.11 Å². The van der Waals surface area contributed by atoms with Crippen molar-refractivity contribution in [3.8, 4) is 0 Å². The maximum Gasteiger partial charge on any atom is 0.0664 e. The zero-order valence-electron chi connectivity index (χ0n) is 10.9. The summed E-state index contributed by atoms with van der Waals surface area (Å²) in [6.45, 7) is 0. The van der Waals surface area contributed by atoms with E-state index in [1.807, 2.05) is 24.4 Å². The largest absolute Gasteiger partial charge is 0.392 e. The summed E-state index contributed by atoms with van der Waals surface area (Å²) in [7, 11) is 0. The molecule has 0 saturated carbocycles. The Morgan fingerprint density at radius 3 is 2.89 bits per heavy atom. The van der Waals surface area contributed by atoms with Crippen LogP contribution in [0.15, 0.2) is 42.9 Å². The van der Waals surface area contributed by atoms with Crippen molar-refractivity contribution in [2.75, 3.05) is 0 Å². The van der Waals surface area contributed by atoms with Crippen molar-refractivity contribution in [1.29, 1.82) is 0 Å². The Balaban J connectivity index is 1.80. The molecule has 0 aliphatic heterocycles. The van der Waals surface area contributed by atoms with Crippen LogP contribution in [0.2, 0.25) is 0 Å². The second-order valence-corrected chi connectivity index (χ2v) is 5.17. The first-order valence-electron chi connectivity index (χ1n) is 6.85. The van der Waals surface area contributed by atoms with Gasteiger partial charge in [0, 0.05) is 30.2 Å². The SMILES string of the molecule is OC(Cc1ccncc1)C1CCCc2cccnc21. The maximum atomic E-state index is 10.5. The molecule has 1 aliphatic carbocycles. The number of aliphatic hydroxyl groups is 1. The van der Waals surface area contributed by atoms with Gasteiger partial charge in [-0.2, -0.15) is 0 Å². The Hall–Kier alpha value is -1.74. The third-order valence-corrected chi connectivity index (χ3v) is 3.90. The van der Waals surface area contributed by atoms with Crippen molar-refractivity contribution in [2.45, 2.75) is 37.7 Å². The second-order valence-electron chi connectivity index (χ2n) is 5.17. The summed E-state index contributed by atoms with van der Waals surface area (Å²) in [5, 5.41) is 10.5. The second kappa shape index (κ2) is 5.49. The van der Waals surface area contributed by atoms with E-state index in [0.29, 0.717) is 6.42 Å². The average Bonchev–Trinajstić information content (AvgIpc) is 2.47. The number of nitrogens with zero attached hydrogens (tertiary/aromatic N) is 2. The number of aliphatic hydroxyl groups excluding tert-OH is 1. The summed E-state index contributed by atoms with van der Waals surface area (Å²) >= 11 is 0. The van der Waals surface area contributed by atoms with Crippen molar-refractivity contribution in [2.24, 2.45) is 0 Å². The first-order valence-corrected chi connectivity index (χ1v) is 6.85.